The van der Waals surface area contributed by atoms with Gasteiger partial charge in [0, 0.05) is 19.5 Å². The zero-order valence-corrected chi connectivity index (χ0v) is 22.1. The van der Waals surface area contributed by atoms with Gasteiger partial charge in [0.1, 0.15) is 11.8 Å². The standard InChI is InChI=1S/C31H38N2O3/c1-6-15-32-31(35)28(19-26-12-8-7-9-13-26)33(20-27-14-10-11-22(2)17-27)30(34)21-36-29-18-23(3)16-24(4)25(29)5/h7-14,16-18,28H,6,15,19-21H2,1-5H3,(H,32,35)/t28-/m1/s1. The van der Waals surface area contributed by atoms with Crippen LogP contribution in [0.4, 0.5) is 0 Å². The number of amides is 2. The molecular formula is C31H38N2O3. The summed E-state index contributed by atoms with van der Waals surface area (Å²) in [6.45, 7) is 10.8. The maximum absolute atomic E-state index is 13.7. The van der Waals surface area contributed by atoms with Crippen molar-refractivity contribution in [2.24, 2.45) is 0 Å². The molecule has 5 heteroatoms. The number of benzene rings is 3. The van der Waals surface area contributed by atoms with E-state index < -0.39 is 6.04 Å². The van der Waals surface area contributed by atoms with Crippen LogP contribution in [0.3, 0.4) is 0 Å². The van der Waals surface area contributed by atoms with E-state index in [0.29, 0.717) is 25.3 Å². The molecule has 1 N–H and O–H groups in total. The number of nitrogens with zero attached hydrogens (tertiary/aromatic N) is 1. The average Bonchev–Trinajstić information content (AvgIpc) is 2.86. The zero-order chi connectivity index (χ0) is 26.1. The van der Waals surface area contributed by atoms with Crippen LogP contribution >= 0.6 is 0 Å². The average molecular weight is 487 g/mol. The van der Waals surface area contributed by atoms with Gasteiger partial charge in [-0.2, -0.15) is 0 Å². The van der Waals surface area contributed by atoms with Crippen molar-refractivity contribution in [3.63, 3.8) is 0 Å². The topological polar surface area (TPSA) is 58.6 Å². The lowest BCUT2D eigenvalue weighted by Gasteiger charge is -2.31. The van der Waals surface area contributed by atoms with Crippen LogP contribution in [0.1, 0.15) is 46.7 Å². The van der Waals surface area contributed by atoms with Gasteiger partial charge in [0.25, 0.3) is 5.91 Å². The molecule has 1 atom stereocenters. The van der Waals surface area contributed by atoms with Crippen molar-refractivity contribution in [2.75, 3.05) is 13.2 Å². The maximum atomic E-state index is 13.7. The summed E-state index contributed by atoms with van der Waals surface area (Å²) in [6.07, 6.45) is 1.25. The Labute approximate surface area is 215 Å². The largest absolute Gasteiger partial charge is 0.483 e. The minimum absolute atomic E-state index is 0.137. The predicted octanol–water partition coefficient (Wildman–Crippen LogP) is 5.47. The fourth-order valence-corrected chi connectivity index (χ4v) is 4.30. The third kappa shape index (κ3) is 7.45. The molecule has 0 aliphatic heterocycles. The molecule has 0 unspecified atom stereocenters. The van der Waals surface area contributed by atoms with Crippen molar-refractivity contribution in [1.82, 2.24) is 10.2 Å². The van der Waals surface area contributed by atoms with E-state index in [1.54, 1.807) is 4.90 Å². The Hall–Kier alpha value is -3.60. The SMILES string of the molecule is CCCNC(=O)[C@@H](Cc1ccccc1)N(Cc1cccc(C)c1)C(=O)COc1cc(C)cc(C)c1C. The molecule has 0 aromatic heterocycles. The minimum Gasteiger partial charge on any atom is -0.483 e. The molecule has 5 nitrogen and oxygen atoms in total. The van der Waals surface area contributed by atoms with Crippen molar-refractivity contribution in [2.45, 2.75) is 60.0 Å². The molecule has 0 heterocycles. The van der Waals surface area contributed by atoms with E-state index in [1.165, 1.54) is 0 Å². The smallest absolute Gasteiger partial charge is 0.261 e. The summed E-state index contributed by atoms with van der Waals surface area (Å²) < 4.78 is 6.04. The van der Waals surface area contributed by atoms with Gasteiger partial charge in [0.2, 0.25) is 5.91 Å². The van der Waals surface area contributed by atoms with Gasteiger partial charge in [-0.1, -0.05) is 73.2 Å². The van der Waals surface area contributed by atoms with Crippen LogP contribution in [0.2, 0.25) is 0 Å². The van der Waals surface area contributed by atoms with Crippen LogP contribution in [0.25, 0.3) is 0 Å². The van der Waals surface area contributed by atoms with E-state index in [0.717, 1.165) is 39.8 Å². The lowest BCUT2D eigenvalue weighted by atomic mass is 10.0. The summed E-state index contributed by atoms with van der Waals surface area (Å²) in [5, 5.41) is 3.01. The Bertz CT molecular complexity index is 1170. The number of nitrogens with one attached hydrogen (secondary N) is 1. The highest BCUT2D eigenvalue weighted by atomic mass is 16.5. The van der Waals surface area contributed by atoms with Gasteiger partial charge in [-0.05, 0) is 68.0 Å². The number of ether oxygens (including phenoxy) is 1. The van der Waals surface area contributed by atoms with E-state index in [1.807, 2.05) is 89.2 Å². The highest BCUT2D eigenvalue weighted by molar-refractivity contribution is 5.88. The van der Waals surface area contributed by atoms with Gasteiger partial charge < -0.3 is 15.0 Å². The number of hydrogen-bond donors (Lipinski definition) is 1. The summed E-state index contributed by atoms with van der Waals surface area (Å²) in [4.78, 5) is 28.8. The van der Waals surface area contributed by atoms with Gasteiger partial charge in [0.05, 0.1) is 0 Å². The van der Waals surface area contributed by atoms with Crippen molar-refractivity contribution in [1.29, 1.82) is 0 Å². The third-order valence-electron chi connectivity index (χ3n) is 6.37. The summed E-state index contributed by atoms with van der Waals surface area (Å²) in [5.74, 6) is 0.332. The molecule has 0 saturated carbocycles. The highest BCUT2D eigenvalue weighted by Crippen LogP contribution is 2.24. The molecule has 0 aliphatic rings. The van der Waals surface area contributed by atoms with Crippen LogP contribution in [-0.2, 0) is 22.6 Å². The highest BCUT2D eigenvalue weighted by Gasteiger charge is 2.30. The fraction of sp³-hybridized carbons (Fsp3) is 0.355. The summed E-state index contributed by atoms with van der Waals surface area (Å²) >= 11 is 0. The van der Waals surface area contributed by atoms with Crippen molar-refractivity contribution >= 4 is 11.8 Å². The molecular weight excluding hydrogens is 448 g/mol. The Kier molecular flexibility index (Phi) is 9.69. The molecule has 0 saturated heterocycles. The van der Waals surface area contributed by atoms with Gasteiger partial charge in [-0.3, -0.25) is 9.59 Å². The molecule has 0 radical (unpaired) electrons. The van der Waals surface area contributed by atoms with Crippen molar-refractivity contribution in [3.8, 4) is 5.75 Å². The molecule has 3 rings (SSSR count). The Morgan fingerprint density at radius 3 is 2.31 bits per heavy atom. The monoisotopic (exact) mass is 486 g/mol. The first kappa shape index (κ1) is 27.0. The van der Waals surface area contributed by atoms with Gasteiger partial charge in [-0.25, -0.2) is 0 Å². The number of carbonyl (C=O) groups is 2. The van der Waals surface area contributed by atoms with E-state index >= 15 is 0 Å². The summed E-state index contributed by atoms with van der Waals surface area (Å²) in [6, 6.07) is 21.3. The van der Waals surface area contributed by atoms with Gasteiger partial charge in [-0.15, -0.1) is 0 Å². The predicted molar refractivity (Wildman–Crippen MR) is 145 cm³/mol. The second-order valence-electron chi connectivity index (χ2n) is 9.50. The minimum atomic E-state index is -0.657. The van der Waals surface area contributed by atoms with Crippen LogP contribution in [-0.4, -0.2) is 35.9 Å². The molecule has 3 aromatic rings. The van der Waals surface area contributed by atoms with Crippen molar-refractivity contribution < 1.29 is 14.3 Å². The Morgan fingerprint density at radius 1 is 0.889 bits per heavy atom. The lowest BCUT2D eigenvalue weighted by Crippen LogP contribution is -2.51. The van der Waals surface area contributed by atoms with Gasteiger partial charge in [0.15, 0.2) is 6.61 Å². The first-order valence-electron chi connectivity index (χ1n) is 12.7. The van der Waals surface area contributed by atoms with Crippen LogP contribution < -0.4 is 10.1 Å². The molecule has 0 aliphatic carbocycles. The third-order valence-corrected chi connectivity index (χ3v) is 6.37. The lowest BCUT2D eigenvalue weighted by molar-refractivity contribution is -0.142. The van der Waals surface area contributed by atoms with E-state index in [9.17, 15) is 9.59 Å². The Morgan fingerprint density at radius 2 is 1.61 bits per heavy atom. The normalized spacial score (nSPS) is 11.6. The van der Waals surface area contributed by atoms with Gasteiger partial charge >= 0.3 is 0 Å². The maximum Gasteiger partial charge on any atom is 0.261 e. The van der Waals surface area contributed by atoms with Crippen LogP contribution in [0.15, 0.2) is 66.7 Å². The fourth-order valence-electron chi connectivity index (χ4n) is 4.30. The number of aryl methyl sites for hydroxylation is 3. The first-order chi connectivity index (χ1) is 17.3. The first-order valence-corrected chi connectivity index (χ1v) is 12.7. The second kappa shape index (κ2) is 12.9. The second-order valence-corrected chi connectivity index (χ2v) is 9.50. The molecule has 0 spiro atoms. The van der Waals surface area contributed by atoms with E-state index in [2.05, 4.69) is 17.4 Å². The quantitative estimate of drug-likeness (QED) is 0.391. The number of carbonyl (C=O) groups excluding carboxylic acids is 2. The van der Waals surface area contributed by atoms with Crippen LogP contribution in [0.5, 0.6) is 5.75 Å². The summed E-state index contributed by atoms with van der Waals surface area (Å²) in [5.41, 5.74) is 6.31. The zero-order valence-electron chi connectivity index (χ0n) is 22.1. The molecule has 2 amide bonds. The molecule has 190 valence electrons. The summed E-state index contributed by atoms with van der Waals surface area (Å²) in [7, 11) is 0. The number of hydrogen-bond acceptors (Lipinski definition) is 3. The molecule has 36 heavy (non-hydrogen) atoms. The van der Waals surface area contributed by atoms with Crippen LogP contribution in [0, 0.1) is 27.7 Å². The number of rotatable bonds is 11. The molecule has 0 bridgehead atoms. The Balaban J connectivity index is 1.92. The molecule has 0 fully saturated rings. The van der Waals surface area contributed by atoms with E-state index in [4.69, 9.17) is 4.74 Å². The van der Waals surface area contributed by atoms with E-state index in [-0.39, 0.29) is 18.4 Å². The molecule has 3 aromatic carbocycles. The van der Waals surface area contributed by atoms with Crippen molar-refractivity contribution in [3.05, 3.63) is 100 Å².